The molecule has 0 aliphatic heterocycles. The maximum absolute atomic E-state index is 14.2. The normalized spacial score (nSPS) is 13.4. The summed E-state index contributed by atoms with van der Waals surface area (Å²) in [6.45, 7) is 10.3. The van der Waals surface area contributed by atoms with E-state index in [1.54, 1.807) is 58.3 Å². The largest absolute Gasteiger partial charge is 0.497 e. The Bertz CT molecular complexity index is 1670. The van der Waals surface area contributed by atoms with E-state index in [0.29, 0.717) is 34.2 Å². The number of nitrogens with two attached hydrogens (primary N) is 1. The van der Waals surface area contributed by atoms with E-state index in [4.69, 9.17) is 24.9 Å². The highest BCUT2D eigenvalue weighted by molar-refractivity contribution is 5.96. The molecule has 262 valence electrons. The van der Waals surface area contributed by atoms with E-state index in [2.05, 4.69) is 5.32 Å². The molecule has 0 bridgehead atoms. The van der Waals surface area contributed by atoms with Crippen LogP contribution in [0.2, 0.25) is 0 Å². The maximum Gasteiger partial charge on any atom is 0.416 e. The van der Waals surface area contributed by atoms with Crippen LogP contribution in [0.4, 0.5) is 18.9 Å². The summed E-state index contributed by atoms with van der Waals surface area (Å²) in [4.78, 5) is 31.9. The van der Waals surface area contributed by atoms with E-state index in [9.17, 15) is 22.8 Å². The van der Waals surface area contributed by atoms with E-state index in [0.717, 1.165) is 11.6 Å². The quantitative estimate of drug-likeness (QED) is 0.127. The highest BCUT2D eigenvalue weighted by atomic mass is 19.4. The summed E-state index contributed by atoms with van der Waals surface area (Å²) < 4.78 is 59.7. The third-order valence-electron chi connectivity index (χ3n) is 7.32. The van der Waals surface area contributed by atoms with Crippen LogP contribution in [0.25, 0.3) is 5.57 Å². The first-order chi connectivity index (χ1) is 22.5. The second kappa shape index (κ2) is 17.4. The van der Waals surface area contributed by atoms with Gasteiger partial charge in [0.2, 0.25) is 0 Å². The van der Waals surface area contributed by atoms with E-state index in [-0.39, 0.29) is 42.2 Å². The molecule has 48 heavy (non-hydrogen) atoms. The molecule has 1 amide bonds. The number of aromatic nitrogens is 1. The van der Waals surface area contributed by atoms with E-state index in [1.807, 2.05) is 13.8 Å². The number of rotatable bonds is 14. The van der Waals surface area contributed by atoms with Gasteiger partial charge in [-0.3, -0.25) is 9.59 Å². The highest BCUT2D eigenvalue weighted by Gasteiger charge is 2.34. The van der Waals surface area contributed by atoms with Crippen molar-refractivity contribution in [1.29, 1.82) is 0 Å². The van der Waals surface area contributed by atoms with Gasteiger partial charge >= 0.3 is 6.18 Å². The molecule has 2 aromatic rings. The Balaban J connectivity index is 3.06. The lowest BCUT2D eigenvalue weighted by Crippen LogP contribution is -2.31. The lowest BCUT2D eigenvalue weighted by molar-refractivity contribution is -0.0892. The highest BCUT2D eigenvalue weighted by Crippen LogP contribution is 2.34. The van der Waals surface area contributed by atoms with Gasteiger partial charge in [0.1, 0.15) is 28.7 Å². The third kappa shape index (κ3) is 10.6. The van der Waals surface area contributed by atoms with Crippen molar-refractivity contribution in [2.75, 3.05) is 40.3 Å². The zero-order valence-electron chi connectivity index (χ0n) is 29.3. The zero-order valence-corrected chi connectivity index (χ0v) is 29.3. The molecule has 3 N–H and O–H groups in total. The molecule has 0 saturated carbocycles. The predicted molar refractivity (Wildman–Crippen MR) is 184 cm³/mol. The van der Waals surface area contributed by atoms with Gasteiger partial charge in [0.15, 0.2) is 0 Å². The average molecular weight is 674 g/mol. The molecular formula is C35H46F3N5O5. The minimum Gasteiger partial charge on any atom is -0.497 e. The first-order valence-electron chi connectivity index (χ1n) is 15.1. The number of hydrogen-bond acceptors (Lipinski definition) is 7. The summed E-state index contributed by atoms with van der Waals surface area (Å²) in [6, 6.07) is 6.53. The van der Waals surface area contributed by atoms with Crippen LogP contribution >= 0.6 is 0 Å². The number of amidine groups is 1. The van der Waals surface area contributed by atoms with E-state index in [1.165, 1.54) is 43.8 Å². The zero-order chi connectivity index (χ0) is 36.3. The Morgan fingerprint density at radius 1 is 1.02 bits per heavy atom. The number of halogens is 3. The van der Waals surface area contributed by atoms with Gasteiger partial charge < -0.3 is 34.7 Å². The standard InChI is InChI=1S/C35H46F3N5O5/c1-11-22(4)31(35(36,37)38)15-23(5)42(7)33(41-24(6)40-26-17-27(47-9)19-28(18-26)48-10)29(14-21(2)3)25-16-30(32(39)44)34(45)43(20-25)12-13-46-8/h14-20H,11-13H2,1-10H3,(H2,39,44)(H,40,41)/b23-15-,31-22-,33-29-. The molecule has 1 aromatic heterocycles. The number of nitrogens with one attached hydrogen (secondary N) is 1. The number of hydrogen-bond donors (Lipinski definition) is 2. The summed E-state index contributed by atoms with van der Waals surface area (Å²) in [6.07, 6.45) is 0.0152. The Morgan fingerprint density at radius 3 is 2.10 bits per heavy atom. The van der Waals surface area contributed by atoms with Crippen molar-refractivity contribution in [2.24, 2.45) is 10.7 Å². The monoisotopic (exact) mass is 673 g/mol. The molecule has 0 aliphatic carbocycles. The lowest BCUT2D eigenvalue weighted by Gasteiger charge is -2.25. The molecule has 0 saturated heterocycles. The fourth-order valence-electron chi connectivity index (χ4n) is 4.58. The second-order valence-corrected chi connectivity index (χ2v) is 11.3. The van der Waals surface area contributed by atoms with Crippen LogP contribution in [0, 0.1) is 0 Å². The molecule has 0 aliphatic rings. The molecule has 1 heterocycles. The van der Waals surface area contributed by atoms with Gasteiger partial charge in [-0.05, 0) is 53.2 Å². The third-order valence-corrected chi connectivity index (χ3v) is 7.32. The second-order valence-electron chi connectivity index (χ2n) is 11.3. The van der Waals surface area contributed by atoms with Gasteiger partial charge in [0.25, 0.3) is 11.5 Å². The van der Waals surface area contributed by atoms with Gasteiger partial charge in [-0.1, -0.05) is 24.1 Å². The van der Waals surface area contributed by atoms with Crippen molar-refractivity contribution < 1.29 is 32.2 Å². The van der Waals surface area contributed by atoms with Gasteiger partial charge in [-0.2, -0.15) is 13.2 Å². The maximum atomic E-state index is 14.2. The van der Waals surface area contributed by atoms with Crippen molar-refractivity contribution in [3.05, 3.63) is 92.3 Å². The first kappa shape index (κ1) is 39.4. The SMILES string of the molecule is CC/C(C)=C(/C=C(/C)N(C)C(/N=C(\C)Nc1cc(OC)cc(OC)c1)=C(/C=C(C)C)c1cc(C(N)=O)c(=O)n(CCOC)c1)C(F)(F)F. The van der Waals surface area contributed by atoms with Crippen LogP contribution in [-0.2, 0) is 11.3 Å². The number of benzene rings is 1. The van der Waals surface area contributed by atoms with Crippen molar-refractivity contribution in [3.63, 3.8) is 0 Å². The first-order valence-corrected chi connectivity index (χ1v) is 15.1. The van der Waals surface area contributed by atoms with Gasteiger partial charge in [0, 0.05) is 67.6 Å². The molecule has 0 spiro atoms. The summed E-state index contributed by atoms with van der Waals surface area (Å²) in [5, 5.41) is 3.20. The summed E-state index contributed by atoms with van der Waals surface area (Å²) in [7, 11) is 6.11. The Kier molecular flexibility index (Phi) is 14.3. The van der Waals surface area contributed by atoms with Crippen molar-refractivity contribution >= 4 is 23.0 Å². The van der Waals surface area contributed by atoms with Crippen LogP contribution in [0.3, 0.4) is 0 Å². The summed E-state index contributed by atoms with van der Waals surface area (Å²) in [5.74, 6) is 0.693. The number of nitrogens with zero attached hydrogens (tertiary/aromatic N) is 3. The van der Waals surface area contributed by atoms with Crippen molar-refractivity contribution in [2.45, 2.75) is 60.7 Å². The fraction of sp³-hybridized carbons (Fsp3) is 0.400. The minimum atomic E-state index is -4.59. The topological polar surface area (TPSA) is 120 Å². The van der Waals surface area contributed by atoms with Crippen molar-refractivity contribution in [3.8, 4) is 11.5 Å². The van der Waals surface area contributed by atoms with Crippen LogP contribution in [0.5, 0.6) is 11.5 Å². The molecule has 1 aromatic carbocycles. The molecule has 0 fully saturated rings. The molecule has 10 nitrogen and oxygen atoms in total. The van der Waals surface area contributed by atoms with Gasteiger partial charge in [0.05, 0.1) is 26.4 Å². The summed E-state index contributed by atoms with van der Waals surface area (Å²) in [5.41, 5.74) is 6.57. The summed E-state index contributed by atoms with van der Waals surface area (Å²) >= 11 is 0. The van der Waals surface area contributed by atoms with E-state index < -0.39 is 23.2 Å². The molecular weight excluding hydrogens is 627 g/mol. The number of ether oxygens (including phenoxy) is 3. The number of carbonyl (C=O) groups is 1. The number of methoxy groups -OCH3 is 3. The van der Waals surface area contributed by atoms with Crippen LogP contribution in [-0.4, -0.2) is 62.4 Å². The van der Waals surface area contributed by atoms with Crippen LogP contribution in [0.1, 0.15) is 63.9 Å². The van der Waals surface area contributed by atoms with Gasteiger partial charge in [-0.15, -0.1) is 0 Å². The number of alkyl halides is 3. The molecule has 0 unspecified atom stereocenters. The Morgan fingerprint density at radius 2 is 1.62 bits per heavy atom. The van der Waals surface area contributed by atoms with Crippen molar-refractivity contribution in [1.82, 2.24) is 9.47 Å². The average Bonchev–Trinajstić information content (AvgIpc) is 3.02. The molecule has 13 heteroatoms. The van der Waals surface area contributed by atoms with E-state index >= 15 is 0 Å². The minimum absolute atomic E-state index is 0.118. The number of carbonyl (C=O) groups excluding carboxylic acids is 1. The number of pyridine rings is 1. The smallest absolute Gasteiger partial charge is 0.416 e. The molecule has 0 atom stereocenters. The number of amides is 1. The van der Waals surface area contributed by atoms with Crippen LogP contribution in [0.15, 0.2) is 80.6 Å². The molecule has 2 rings (SSSR count). The Labute approximate surface area is 280 Å². The number of primary amides is 1. The number of anilines is 1. The Hall–Kier alpha value is -4.78. The predicted octanol–water partition coefficient (Wildman–Crippen LogP) is 6.90. The lowest BCUT2D eigenvalue weighted by atomic mass is 10.0. The van der Waals surface area contributed by atoms with Gasteiger partial charge in [-0.25, -0.2) is 4.99 Å². The fourth-order valence-corrected chi connectivity index (χ4v) is 4.58. The number of allylic oxidation sites excluding steroid dienone is 7. The van der Waals surface area contributed by atoms with Crippen LogP contribution < -0.4 is 26.1 Å². The number of aliphatic imine (C=N–C) groups is 1. The molecule has 0 radical (unpaired) electrons.